The van der Waals surface area contributed by atoms with Crippen molar-refractivity contribution in [1.29, 1.82) is 0 Å². The molecule has 1 aliphatic carbocycles. The number of halogens is 1. The first-order valence-corrected chi connectivity index (χ1v) is 6.78. The number of nitrogens with one attached hydrogen (secondary N) is 1. The van der Waals surface area contributed by atoms with Gasteiger partial charge in [-0.2, -0.15) is 0 Å². The predicted octanol–water partition coefficient (Wildman–Crippen LogP) is 2.67. The lowest BCUT2D eigenvalue weighted by Crippen LogP contribution is -2.46. The van der Waals surface area contributed by atoms with E-state index in [1.165, 1.54) is 64.6 Å². The minimum Gasteiger partial charge on any atom is -0.316 e. The third-order valence-electron chi connectivity index (χ3n) is 4.15. The molecule has 1 saturated carbocycles. The molecule has 0 radical (unpaired) electrons. The van der Waals surface area contributed by atoms with Crippen LogP contribution in [0.3, 0.4) is 0 Å². The molecule has 2 nitrogen and oxygen atoms in total. The van der Waals surface area contributed by atoms with Crippen LogP contribution in [0.2, 0.25) is 0 Å². The summed E-state index contributed by atoms with van der Waals surface area (Å²) in [5.74, 6) is 1.01. The zero-order valence-electron chi connectivity index (χ0n) is 10.6. The number of likely N-dealkylation sites (N-methyl/N-ethyl adjacent to an activating group) is 1. The highest BCUT2D eigenvalue weighted by Crippen LogP contribution is 2.25. The van der Waals surface area contributed by atoms with Gasteiger partial charge in [0.2, 0.25) is 0 Å². The summed E-state index contributed by atoms with van der Waals surface area (Å²) in [6.07, 6.45) is 10.2. The van der Waals surface area contributed by atoms with Gasteiger partial charge in [-0.25, -0.2) is 0 Å². The van der Waals surface area contributed by atoms with Crippen LogP contribution in [0.4, 0.5) is 0 Å². The zero-order chi connectivity index (χ0) is 10.5. The van der Waals surface area contributed by atoms with Crippen molar-refractivity contribution in [3.05, 3.63) is 0 Å². The van der Waals surface area contributed by atoms with Crippen molar-refractivity contribution in [3.63, 3.8) is 0 Å². The van der Waals surface area contributed by atoms with Crippen LogP contribution in [-0.2, 0) is 0 Å². The molecule has 96 valence electrons. The summed E-state index contributed by atoms with van der Waals surface area (Å²) >= 11 is 0. The molecule has 0 amide bonds. The lowest BCUT2D eigenvalue weighted by atomic mass is 9.88. The monoisotopic (exact) mass is 246 g/mol. The quantitative estimate of drug-likeness (QED) is 0.824. The Hall–Kier alpha value is 0.210. The average Bonchev–Trinajstić information content (AvgIpc) is 2.31. The normalized spacial score (nSPS) is 28.7. The molecule has 0 bridgehead atoms. The molecule has 1 heterocycles. The smallest absolute Gasteiger partial charge is 0.0192 e. The van der Waals surface area contributed by atoms with E-state index in [1.54, 1.807) is 0 Å². The van der Waals surface area contributed by atoms with Gasteiger partial charge in [0.15, 0.2) is 0 Å². The second kappa shape index (κ2) is 7.52. The first-order valence-electron chi connectivity index (χ1n) is 6.78. The van der Waals surface area contributed by atoms with Crippen molar-refractivity contribution in [3.8, 4) is 0 Å². The first kappa shape index (κ1) is 14.3. The number of hydrogen-bond acceptors (Lipinski definition) is 2. The van der Waals surface area contributed by atoms with E-state index in [0.717, 1.165) is 12.0 Å². The molecule has 1 aliphatic heterocycles. The van der Waals surface area contributed by atoms with Gasteiger partial charge in [-0.1, -0.05) is 19.3 Å². The Labute approximate surface area is 107 Å². The summed E-state index contributed by atoms with van der Waals surface area (Å²) in [5, 5.41) is 3.43. The molecule has 1 unspecified atom stereocenters. The van der Waals surface area contributed by atoms with E-state index in [9.17, 15) is 0 Å². The van der Waals surface area contributed by atoms with Crippen LogP contribution < -0.4 is 5.32 Å². The van der Waals surface area contributed by atoms with Crippen LogP contribution in [0.15, 0.2) is 0 Å². The highest BCUT2D eigenvalue weighted by molar-refractivity contribution is 5.85. The molecule has 0 aromatic heterocycles. The van der Waals surface area contributed by atoms with Gasteiger partial charge >= 0.3 is 0 Å². The highest BCUT2D eigenvalue weighted by Gasteiger charge is 2.22. The van der Waals surface area contributed by atoms with Crippen LogP contribution in [0.1, 0.15) is 44.9 Å². The van der Waals surface area contributed by atoms with Crippen molar-refractivity contribution < 1.29 is 0 Å². The largest absolute Gasteiger partial charge is 0.316 e. The molecule has 2 rings (SSSR count). The van der Waals surface area contributed by atoms with Gasteiger partial charge in [0.1, 0.15) is 0 Å². The fourth-order valence-electron chi connectivity index (χ4n) is 3.19. The molecule has 2 aliphatic rings. The van der Waals surface area contributed by atoms with E-state index in [2.05, 4.69) is 17.3 Å². The maximum atomic E-state index is 3.43. The summed E-state index contributed by atoms with van der Waals surface area (Å²) in [7, 11) is 2.11. The Morgan fingerprint density at radius 1 is 1.06 bits per heavy atom. The lowest BCUT2D eigenvalue weighted by molar-refractivity contribution is 0.153. The molecule has 0 aromatic carbocycles. The Morgan fingerprint density at radius 2 is 1.81 bits per heavy atom. The number of likely N-dealkylation sites (tertiary alicyclic amines) is 1. The third-order valence-corrected chi connectivity index (χ3v) is 4.15. The second-order valence-corrected chi connectivity index (χ2v) is 5.39. The van der Waals surface area contributed by atoms with Gasteiger partial charge in [-0.05, 0) is 45.2 Å². The van der Waals surface area contributed by atoms with Crippen LogP contribution in [0, 0.1) is 5.92 Å². The summed E-state index contributed by atoms with van der Waals surface area (Å²) in [6.45, 7) is 4.00. The van der Waals surface area contributed by atoms with E-state index >= 15 is 0 Å². The second-order valence-electron chi connectivity index (χ2n) is 5.39. The zero-order valence-corrected chi connectivity index (χ0v) is 11.4. The summed E-state index contributed by atoms with van der Waals surface area (Å²) in [5.41, 5.74) is 0. The van der Waals surface area contributed by atoms with E-state index in [0.29, 0.717) is 0 Å². The summed E-state index contributed by atoms with van der Waals surface area (Å²) in [6, 6.07) is 0.752. The minimum absolute atomic E-state index is 0. The maximum Gasteiger partial charge on any atom is 0.0192 e. The van der Waals surface area contributed by atoms with Gasteiger partial charge in [0.05, 0.1) is 0 Å². The van der Waals surface area contributed by atoms with E-state index in [-0.39, 0.29) is 12.4 Å². The molecule has 3 heteroatoms. The number of rotatable bonds is 3. The van der Waals surface area contributed by atoms with Crippen LogP contribution in [-0.4, -0.2) is 37.6 Å². The van der Waals surface area contributed by atoms with E-state index < -0.39 is 0 Å². The van der Waals surface area contributed by atoms with E-state index in [1.807, 2.05) is 0 Å². The van der Waals surface area contributed by atoms with Gasteiger partial charge in [-0.3, -0.25) is 0 Å². The van der Waals surface area contributed by atoms with Crippen molar-refractivity contribution >= 4 is 12.4 Å². The van der Waals surface area contributed by atoms with Gasteiger partial charge in [0.25, 0.3) is 0 Å². The van der Waals surface area contributed by atoms with E-state index in [4.69, 9.17) is 0 Å². The standard InChI is InChI=1S/C13H26N2.ClH/c1-14-13-8-5-9-15(11-13)10-12-6-3-2-4-7-12;/h12-14H,2-11H2,1H3;1H. The Kier molecular flexibility index (Phi) is 6.71. The molecule has 1 atom stereocenters. The van der Waals surface area contributed by atoms with Crippen molar-refractivity contribution in [2.45, 2.75) is 51.0 Å². The number of piperidine rings is 1. The van der Waals surface area contributed by atoms with Gasteiger partial charge < -0.3 is 10.2 Å². The minimum atomic E-state index is 0. The SMILES string of the molecule is CNC1CCCN(CC2CCCCC2)C1.Cl. The lowest BCUT2D eigenvalue weighted by Gasteiger charge is -2.35. The Balaban J connectivity index is 0.00000128. The van der Waals surface area contributed by atoms with Gasteiger partial charge in [-0.15, -0.1) is 12.4 Å². The molecule has 0 aromatic rings. The summed E-state index contributed by atoms with van der Waals surface area (Å²) in [4.78, 5) is 2.70. The third kappa shape index (κ3) is 4.23. The first-order chi connectivity index (χ1) is 7.38. The van der Waals surface area contributed by atoms with Crippen LogP contribution >= 0.6 is 12.4 Å². The van der Waals surface area contributed by atoms with Gasteiger partial charge in [0, 0.05) is 19.1 Å². The number of hydrogen-bond donors (Lipinski definition) is 1. The molecule has 0 spiro atoms. The molecule has 1 saturated heterocycles. The van der Waals surface area contributed by atoms with Crippen molar-refractivity contribution in [2.24, 2.45) is 5.92 Å². The topological polar surface area (TPSA) is 15.3 Å². The molecular weight excluding hydrogens is 220 g/mol. The fraction of sp³-hybridized carbons (Fsp3) is 1.00. The van der Waals surface area contributed by atoms with Crippen molar-refractivity contribution in [2.75, 3.05) is 26.7 Å². The molecule has 16 heavy (non-hydrogen) atoms. The highest BCUT2D eigenvalue weighted by atomic mass is 35.5. The molecular formula is C13H27ClN2. The summed E-state index contributed by atoms with van der Waals surface area (Å²) < 4.78 is 0. The molecule has 1 N–H and O–H groups in total. The fourth-order valence-corrected chi connectivity index (χ4v) is 3.19. The maximum absolute atomic E-state index is 3.43. The number of nitrogens with zero attached hydrogens (tertiary/aromatic N) is 1. The Morgan fingerprint density at radius 3 is 2.50 bits per heavy atom. The van der Waals surface area contributed by atoms with Crippen molar-refractivity contribution in [1.82, 2.24) is 10.2 Å². The molecule has 2 fully saturated rings. The van der Waals surface area contributed by atoms with Crippen LogP contribution in [0.25, 0.3) is 0 Å². The average molecular weight is 247 g/mol. The predicted molar refractivity (Wildman–Crippen MR) is 72.3 cm³/mol. The Bertz CT molecular complexity index is 181. The van der Waals surface area contributed by atoms with Crippen LogP contribution in [0.5, 0.6) is 0 Å².